The topological polar surface area (TPSA) is 0 Å². The Bertz CT molecular complexity index is 28.3. The third-order valence-corrected chi connectivity index (χ3v) is 128. The van der Waals surface area contributed by atoms with Crippen molar-refractivity contribution in [3.63, 3.8) is 0 Å². The Morgan fingerprint density at radius 3 is 1.75 bits per heavy atom. The number of hydrogen-bond donors (Lipinski definition) is 0. The first-order valence-electron chi connectivity index (χ1n) is 1.33. The van der Waals surface area contributed by atoms with E-state index in [2.05, 4.69) is 8.60 Å². The van der Waals surface area contributed by atoms with Gasteiger partial charge in [-0.15, -0.1) is 0 Å². The van der Waals surface area contributed by atoms with E-state index in [1.165, 1.54) is 56.5 Å². The Morgan fingerprint density at radius 2 is 1.12 bits per heavy atom. The molecule has 1 aliphatic rings. The third-order valence-electron chi connectivity index (χ3n) is 0.222. The summed E-state index contributed by atoms with van der Waals surface area (Å²) >= 11 is 8.23. The Morgan fingerprint density at radius 1 is 0.625 bits per heavy atom. The SMILES string of the molecule is S1[Se][Se][Se][Se][Se][Se][Se]1. The molecule has 0 radical (unpaired) electrons. The van der Waals surface area contributed by atoms with Gasteiger partial charge in [-0.05, 0) is 0 Å². The van der Waals surface area contributed by atoms with Crippen molar-refractivity contribution in [1.29, 1.82) is 0 Å². The molecule has 0 aromatic rings. The van der Waals surface area contributed by atoms with Crippen LogP contribution in [0.2, 0.25) is 0 Å². The molecule has 1 saturated heterocycles. The van der Waals surface area contributed by atoms with E-state index in [1.807, 2.05) is 0 Å². The molecule has 0 spiro atoms. The molecule has 0 aliphatic carbocycles. The molecule has 48 valence electrons. The van der Waals surface area contributed by atoms with Gasteiger partial charge in [-0.25, -0.2) is 0 Å². The van der Waals surface area contributed by atoms with E-state index in [-0.39, 0.29) is 0 Å². The van der Waals surface area contributed by atoms with Crippen LogP contribution in [0.3, 0.4) is 0 Å². The standard InChI is InChI=1S/SSe7/c1-2-4-6-8-7-5-3-1. The molecule has 8 heteroatoms. The van der Waals surface area contributed by atoms with Crippen molar-refractivity contribution in [1.82, 2.24) is 0 Å². The molecular formula is SSe7. The molecule has 0 atom stereocenters. The first-order valence-corrected chi connectivity index (χ1v) is 32.2. The molecule has 0 bridgehead atoms. The predicted molar refractivity (Wildman–Crippen MR) is 47.9 cm³/mol. The molecule has 1 aliphatic heterocycles. The second-order valence-corrected chi connectivity index (χ2v) is 64.3. The van der Waals surface area contributed by atoms with E-state index in [4.69, 9.17) is 0 Å². The molecule has 8 heavy (non-hydrogen) atoms. The fourth-order valence-corrected chi connectivity index (χ4v) is 253. The zero-order chi connectivity index (χ0) is 5.66. The Labute approximate surface area is 86.9 Å². The van der Waals surface area contributed by atoms with Crippen molar-refractivity contribution in [2.45, 2.75) is 0 Å². The second kappa shape index (κ2) is 7.63. The van der Waals surface area contributed by atoms with Crippen LogP contribution < -0.4 is 0 Å². The summed E-state index contributed by atoms with van der Waals surface area (Å²) in [6.45, 7) is 0. The monoisotopic (exact) mass is 591 g/mol. The first-order chi connectivity index (χ1) is 4.00. The summed E-state index contributed by atoms with van der Waals surface area (Å²) in [5.74, 6) is 0. The van der Waals surface area contributed by atoms with Gasteiger partial charge < -0.3 is 0 Å². The van der Waals surface area contributed by atoms with Crippen LogP contribution in [0.1, 0.15) is 0 Å². The summed E-state index contributed by atoms with van der Waals surface area (Å²) in [6.07, 6.45) is 0. The number of hydrogen-bond acceptors (Lipinski definition) is 1. The van der Waals surface area contributed by atoms with Crippen molar-refractivity contribution in [2.75, 3.05) is 0 Å². The maximum absolute atomic E-state index is 2.35. The zero-order valence-corrected chi connectivity index (χ0v) is 16.1. The fourth-order valence-electron chi connectivity index (χ4n) is 0.0907. The van der Waals surface area contributed by atoms with Crippen molar-refractivity contribution < 1.29 is 0 Å². The molecule has 0 unspecified atom stereocenters. The molecule has 1 heterocycles. The van der Waals surface area contributed by atoms with Gasteiger partial charge in [0.15, 0.2) is 0 Å². The van der Waals surface area contributed by atoms with E-state index in [9.17, 15) is 0 Å². The van der Waals surface area contributed by atoms with Gasteiger partial charge in [0.05, 0.1) is 0 Å². The Hall–Kier alpha value is 3.99. The summed E-state index contributed by atoms with van der Waals surface area (Å²) in [6, 6.07) is 0. The van der Waals surface area contributed by atoms with E-state index >= 15 is 0 Å². The molecule has 0 aromatic heterocycles. The van der Waals surface area contributed by atoms with Gasteiger partial charge in [0.1, 0.15) is 0 Å². The Kier molecular flexibility index (Phi) is 9.60. The average molecular weight is 585 g/mol. The van der Waals surface area contributed by atoms with Crippen molar-refractivity contribution in [3.8, 4) is 0 Å². The van der Waals surface area contributed by atoms with Crippen molar-refractivity contribution >= 4 is 89.1 Å². The molecule has 0 N–H and O–H groups in total. The van der Waals surface area contributed by atoms with Gasteiger partial charge in [0.2, 0.25) is 0 Å². The number of rotatable bonds is 0. The van der Waals surface area contributed by atoms with Crippen LogP contribution in [0.5, 0.6) is 0 Å². The molecule has 0 nitrogen and oxygen atoms in total. The predicted octanol–water partition coefficient (Wildman–Crippen LogP) is -2.02. The van der Waals surface area contributed by atoms with Crippen LogP contribution in [0.15, 0.2) is 0 Å². The molecule has 0 amide bonds. The van der Waals surface area contributed by atoms with Gasteiger partial charge in [-0.1, -0.05) is 0 Å². The molecular weight excluding hydrogens is 585 g/mol. The molecule has 1 rings (SSSR count). The second-order valence-electron chi connectivity index (χ2n) is 0.544. The third kappa shape index (κ3) is 5.61. The summed E-state index contributed by atoms with van der Waals surface area (Å²) < 4.78 is 0. The minimum absolute atomic E-state index is 1.10. The maximum atomic E-state index is 2.35. The van der Waals surface area contributed by atoms with Crippen molar-refractivity contribution in [3.05, 3.63) is 0 Å². The summed E-state index contributed by atoms with van der Waals surface area (Å²) in [7, 11) is 2.35. The quantitative estimate of drug-likeness (QED) is 0.297. The normalized spacial score (nSPS) is 24.0. The van der Waals surface area contributed by atoms with E-state index in [0.29, 0.717) is 0 Å². The van der Waals surface area contributed by atoms with Crippen LogP contribution in [0.25, 0.3) is 0 Å². The van der Waals surface area contributed by atoms with Crippen LogP contribution >= 0.6 is 8.60 Å². The summed E-state index contributed by atoms with van der Waals surface area (Å²) in [4.78, 5) is 0. The van der Waals surface area contributed by atoms with E-state index in [1.54, 1.807) is 0 Å². The van der Waals surface area contributed by atoms with Crippen molar-refractivity contribution in [2.24, 2.45) is 0 Å². The van der Waals surface area contributed by atoms with Gasteiger partial charge in [-0.3, -0.25) is 0 Å². The van der Waals surface area contributed by atoms with Crippen LogP contribution in [0.4, 0.5) is 0 Å². The zero-order valence-electron chi connectivity index (χ0n) is 3.27. The first kappa shape index (κ1) is 10.1. The summed E-state index contributed by atoms with van der Waals surface area (Å²) in [5.41, 5.74) is 0. The fraction of sp³-hybridized carbons (Fsp3) is 0. The van der Waals surface area contributed by atoms with E-state index < -0.39 is 0 Å². The molecule has 0 aromatic carbocycles. The van der Waals surface area contributed by atoms with Crippen LogP contribution in [-0.4, -0.2) is 80.6 Å². The minimum atomic E-state index is 1.10. The average Bonchev–Trinajstić information content (AvgIpc) is 1.62. The van der Waals surface area contributed by atoms with Crippen LogP contribution in [0, 0.1) is 0 Å². The summed E-state index contributed by atoms with van der Waals surface area (Å²) in [5, 5.41) is 0. The van der Waals surface area contributed by atoms with Gasteiger partial charge in [-0.2, -0.15) is 0 Å². The van der Waals surface area contributed by atoms with Gasteiger partial charge in [0.25, 0.3) is 0 Å². The molecule has 1 fully saturated rings. The molecule has 0 saturated carbocycles. The Balaban J connectivity index is 2.00. The van der Waals surface area contributed by atoms with Gasteiger partial charge >= 0.3 is 89.1 Å². The van der Waals surface area contributed by atoms with Gasteiger partial charge in [0, 0.05) is 0 Å². The van der Waals surface area contributed by atoms with E-state index in [0.717, 1.165) is 24.0 Å². The van der Waals surface area contributed by atoms with Crippen LogP contribution in [-0.2, 0) is 0 Å².